The lowest BCUT2D eigenvalue weighted by molar-refractivity contribution is -0.116. The number of carbonyl (C=O) groups is 1. The standard InChI is InChI=1S/C20H27NO3/c1-6-16(21-24-7-2)20-17(22)10-15(11-18(20)23)19-13(4)8-12(3)9-14(19)5/h8-9,15,22H,6-7,10-11H2,1-5H3. The van der Waals surface area contributed by atoms with Gasteiger partial charge in [0.15, 0.2) is 5.78 Å². The van der Waals surface area contributed by atoms with Gasteiger partial charge in [0.2, 0.25) is 0 Å². The molecule has 24 heavy (non-hydrogen) atoms. The van der Waals surface area contributed by atoms with Crippen molar-refractivity contribution in [1.82, 2.24) is 0 Å². The van der Waals surface area contributed by atoms with E-state index in [0.29, 0.717) is 37.2 Å². The molecule has 1 aliphatic carbocycles. The average Bonchev–Trinajstić information content (AvgIpc) is 2.48. The van der Waals surface area contributed by atoms with Gasteiger partial charge in [-0.15, -0.1) is 0 Å². The van der Waals surface area contributed by atoms with Gasteiger partial charge in [-0.25, -0.2) is 0 Å². The first kappa shape index (κ1) is 18.2. The van der Waals surface area contributed by atoms with E-state index >= 15 is 0 Å². The first-order chi connectivity index (χ1) is 11.4. The minimum atomic E-state index is -0.0524. The number of aliphatic hydroxyl groups is 1. The molecule has 0 amide bonds. The van der Waals surface area contributed by atoms with Crippen LogP contribution in [-0.2, 0) is 9.63 Å². The van der Waals surface area contributed by atoms with Gasteiger partial charge in [0.05, 0.1) is 11.3 Å². The molecular formula is C20H27NO3. The monoisotopic (exact) mass is 329 g/mol. The van der Waals surface area contributed by atoms with E-state index in [0.717, 1.165) is 0 Å². The summed E-state index contributed by atoms with van der Waals surface area (Å²) in [6.45, 7) is 10.4. The van der Waals surface area contributed by atoms with Gasteiger partial charge in [0.25, 0.3) is 0 Å². The molecule has 0 aliphatic heterocycles. The number of nitrogens with zero attached hydrogens (tertiary/aromatic N) is 1. The third-order valence-electron chi connectivity index (χ3n) is 4.51. The summed E-state index contributed by atoms with van der Waals surface area (Å²) in [6.07, 6.45) is 1.42. The molecule has 1 aromatic carbocycles. The van der Waals surface area contributed by atoms with E-state index in [1.807, 2.05) is 13.8 Å². The number of aliphatic hydroxyl groups excluding tert-OH is 1. The molecular weight excluding hydrogens is 302 g/mol. The summed E-state index contributed by atoms with van der Waals surface area (Å²) in [6, 6.07) is 4.27. The molecule has 1 N–H and O–H groups in total. The topological polar surface area (TPSA) is 58.9 Å². The first-order valence-corrected chi connectivity index (χ1v) is 8.61. The fourth-order valence-electron chi connectivity index (χ4n) is 3.69. The molecule has 0 fully saturated rings. The van der Waals surface area contributed by atoms with E-state index in [1.165, 1.54) is 22.3 Å². The Labute approximate surface area is 144 Å². The molecule has 1 aliphatic rings. The van der Waals surface area contributed by atoms with Crippen LogP contribution in [0.15, 0.2) is 28.6 Å². The van der Waals surface area contributed by atoms with Crippen LogP contribution in [0.25, 0.3) is 0 Å². The Bertz CT molecular complexity index is 678. The van der Waals surface area contributed by atoms with Crippen LogP contribution in [0.2, 0.25) is 0 Å². The second-order valence-corrected chi connectivity index (χ2v) is 6.47. The fourth-order valence-corrected chi connectivity index (χ4v) is 3.69. The summed E-state index contributed by atoms with van der Waals surface area (Å²) in [5.41, 5.74) is 5.65. The summed E-state index contributed by atoms with van der Waals surface area (Å²) < 4.78 is 0. The van der Waals surface area contributed by atoms with Crippen molar-refractivity contribution in [3.8, 4) is 0 Å². The van der Waals surface area contributed by atoms with E-state index < -0.39 is 0 Å². The molecule has 1 aromatic rings. The van der Waals surface area contributed by atoms with Crippen molar-refractivity contribution in [2.24, 2.45) is 5.16 Å². The van der Waals surface area contributed by atoms with Crippen molar-refractivity contribution in [2.75, 3.05) is 6.61 Å². The molecule has 2 rings (SSSR count). The van der Waals surface area contributed by atoms with Gasteiger partial charge in [0, 0.05) is 12.8 Å². The van der Waals surface area contributed by atoms with Crippen molar-refractivity contribution in [3.05, 3.63) is 45.7 Å². The Balaban J connectivity index is 2.38. The highest BCUT2D eigenvalue weighted by Crippen LogP contribution is 2.37. The van der Waals surface area contributed by atoms with Crippen LogP contribution < -0.4 is 0 Å². The number of hydrogen-bond donors (Lipinski definition) is 1. The third-order valence-corrected chi connectivity index (χ3v) is 4.51. The van der Waals surface area contributed by atoms with Crippen molar-refractivity contribution >= 4 is 11.5 Å². The van der Waals surface area contributed by atoms with Crippen LogP contribution in [0.4, 0.5) is 0 Å². The number of benzene rings is 1. The SMILES string of the molecule is CCON=C(CC)C1=C(O)CC(c2c(C)cc(C)cc2C)CC1=O. The molecule has 0 radical (unpaired) electrons. The third kappa shape index (κ3) is 3.69. The van der Waals surface area contributed by atoms with E-state index in [1.54, 1.807) is 0 Å². The zero-order valence-corrected chi connectivity index (χ0v) is 15.3. The lowest BCUT2D eigenvalue weighted by atomic mass is 9.78. The van der Waals surface area contributed by atoms with Crippen LogP contribution in [0.1, 0.15) is 61.3 Å². The number of Topliss-reactive ketones (excluding diaryl/α,β-unsaturated/α-hetero) is 1. The predicted octanol–water partition coefficient (Wildman–Crippen LogP) is 4.67. The van der Waals surface area contributed by atoms with Gasteiger partial charge in [-0.05, 0) is 56.7 Å². The lowest BCUT2D eigenvalue weighted by Gasteiger charge is -2.27. The van der Waals surface area contributed by atoms with Crippen LogP contribution in [0.5, 0.6) is 0 Å². The lowest BCUT2D eigenvalue weighted by Crippen LogP contribution is -2.24. The molecule has 4 nitrogen and oxygen atoms in total. The molecule has 0 saturated heterocycles. The highest BCUT2D eigenvalue weighted by molar-refractivity contribution is 6.23. The molecule has 0 spiro atoms. The van der Waals surface area contributed by atoms with Gasteiger partial charge < -0.3 is 9.94 Å². The van der Waals surface area contributed by atoms with Crippen molar-refractivity contribution < 1.29 is 14.7 Å². The van der Waals surface area contributed by atoms with Crippen LogP contribution in [0.3, 0.4) is 0 Å². The van der Waals surface area contributed by atoms with Crippen molar-refractivity contribution in [2.45, 2.75) is 59.8 Å². The second kappa shape index (κ2) is 7.65. The number of hydrogen-bond acceptors (Lipinski definition) is 4. The zero-order valence-electron chi connectivity index (χ0n) is 15.3. The normalized spacial score (nSPS) is 19.0. The minimum Gasteiger partial charge on any atom is -0.511 e. The maximum atomic E-state index is 12.7. The van der Waals surface area contributed by atoms with Gasteiger partial charge in [-0.3, -0.25) is 4.79 Å². The molecule has 0 bridgehead atoms. The predicted molar refractivity (Wildman–Crippen MR) is 96.6 cm³/mol. The van der Waals surface area contributed by atoms with Gasteiger partial charge in [-0.2, -0.15) is 0 Å². The summed E-state index contributed by atoms with van der Waals surface area (Å²) in [5.74, 6) is 0.103. The minimum absolute atomic E-state index is 0.0204. The van der Waals surface area contributed by atoms with Gasteiger partial charge >= 0.3 is 0 Å². The zero-order chi connectivity index (χ0) is 17.9. The van der Waals surface area contributed by atoms with Crippen molar-refractivity contribution in [1.29, 1.82) is 0 Å². The summed E-state index contributed by atoms with van der Waals surface area (Å²) in [5, 5.41) is 14.5. The van der Waals surface area contributed by atoms with E-state index in [9.17, 15) is 9.90 Å². The largest absolute Gasteiger partial charge is 0.511 e. The molecule has 1 unspecified atom stereocenters. The highest BCUT2D eigenvalue weighted by Gasteiger charge is 2.32. The molecule has 130 valence electrons. The number of allylic oxidation sites excluding steroid dienone is 2. The maximum Gasteiger partial charge on any atom is 0.168 e. The summed E-state index contributed by atoms with van der Waals surface area (Å²) in [7, 11) is 0. The second-order valence-electron chi connectivity index (χ2n) is 6.47. The number of ketones is 1. The molecule has 0 aromatic heterocycles. The first-order valence-electron chi connectivity index (χ1n) is 8.61. The van der Waals surface area contributed by atoms with Gasteiger partial charge in [-0.1, -0.05) is 29.8 Å². The Kier molecular flexibility index (Phi) is 5.81. The smallest absolute Gasteiger partial charge is 0.168 e. The number of aryl methyl sites for hydroxylation is 3. The quantitative estimate of drug-likeness (QED) is 0.630. The number of rotatable bonds is 5. The van der Waals surface area contributed by atoms with E-state index in [2.05, 4.69) is 38.1 Å². The Hall–Kier alpha value is -2.10. The Morgan fingerprint density at radius 1 is 1.21 bits per heavy atom. The highest BCUT2D eigenvalue weighted by atomic mass is 16.6. The van der Waals surface area contributed by atoms with Crippen LogP contribution in [-0.4, -0.2) is 23.2 Å². The van der Waals surface area contributed by atoms with Crippen molar-refractivity contribution in [3.63, 3.8) is 0 Å². The maximum absolute atomic E-state index is 12.7. The number of oxime groups is 1. The molecule has 4 heteroatoms. The molecule has 0 saturated carbocycles. The summed E-state index contributed by atoms with van der Waals surface area (Å²) >= 11 is 0. The van der Waals surface area contributed by atoms with E-state index in [-0.39, 0.29) is 17.5 Å². The van der Waals surface area contributed by atoms with Crippen LogP contribution in [0, 0.1) is 20.8 Å². The van der Waals surface area contributed by atoms with E-state index in [4.69, 9.17) is 4.84 Å². The molecule has 0 heterocycles. The number of carbonyl (C=O) groups excluding carboxylic acids is 1. The molecule has 1 atom stereocenters. The summed E-state index contributed by atoms with van der Waals surface area (Å²) in [4.78, 5) is 17.8. The Morgan fingerprint density at radius 2 is 1.83 bits per heavy atom. The Morgan fingerprint density at radius 3 is 2.33 bits per heavy atom. The van der Waals surface area contributed by atoms with Crippen LogP contribution >= 0.6 is 0 Å². The average molecular weight is 329 g/mol. The fraction of sp³-hybridized carbons (Fsp3) is 0.500. The van der Waals surface area contributed by atoms with Gasteiger partial charge in [0.1, 0.15) is 12.4 Å².